The van der Waals surface area contributed by atoms with Gasteiger partial charge in [-0.15, -0.1) is 11.3 Å². The molecule has 0 saturated heterocycles. The molecule has 15 heavy (non-hydrogen) atoms. The number of carboxylic acid groups (broad SMARTS) is 1. The van der Waals surface area contributed by atoms with Gasteiger partial charge in [-0.2, -0.15) is 13.2 Å². The van der Waals surface area contributed by atoms with Crippen LogP contribution < -0.4 is 5.73 Å². The number of nitrogen functional groups attached to an aromatic ring is 1. The summed E-state index contributed by atoms with van der Waals surface area (Å²) < 4.78 is 31.7. The second-order valence-corrected chi connectivity index (χ2v) is 2.97. The molecular formula is C6H6F3N3O2S. The van der Waals surface area contributed by atoms with E-state index in [2.05, 4.69) is 4.98 Å². The molecule has 0 bridgehead atoms. The Morgan fingerprint density at radius 2 is 2.07 bits per heavy atom. The normalized spacial score (nSPS) is 10.1. The van der Waals surface area contributed by atoms with Gasteiger partial charge in [-0.25, -0.2) is 4.79 Å². The minimum absolute atomic E-state index is 0.0903. The molecule has 0 fully saturated rings. The van der Waals surface area contributed by atoms with E-state index in [9.17, 15) is 13.2 Å². The van der Waals surface area contributed by atoms with Crippen LogP contribution in [0.2, 0.25) is 0 Å². The Bertz CT molecular complexity index is 336. The molecule has 1 heterocycles. The molecule has 9 heteroatoms. The molecular weight excluding hydrogens is 235 g/mol. The lowest BCUT2D eigenvalue weighted by Gasteiger charge is -1.93. The lowest BCUT2D eigenvalue weighted by molar-refractivity contribution is -0.192. The van der Waals surface area contributed by atoms with Crippen LogP contribution in [0.4, 0.5) is 13.2 Å². The van der Waals surface area contributed by atoms with Crippen LogP contribution in [0.25, 0.3) is 0 Å². The summed E-state index contributed by atoms with van der Waals surface area (Å²) in [5.74, 6) is -2.67. The van der Waals surface area contributed by atoms with E-state index < -0.39 is 12.1 Å². The number of hydrogen-bond acceptors (Lipinski definition) is 4. The smallest absolute Gasteiger partial charge is 0.475 e. The highest BCUT2D eigenvalue weighted by Gasteiger charge is 2.38. The Kier molecular flexibility index (Phi) is 4.71. The summed E-state index contributed by atoms with van der Waals surface area (Å²) in [4.78, 5) is 13.4. The second-order valence-electron chi connectivity index (χ2n) is 2.08. The Balaban J connectivity index is 0.000000265. The van der Waals surface area contributed by atoms with Gasteiger partial charge in [0.25, 0.3) is 0 Å². The van der Waals surface area contributed by atoms with E-state index in [4.69, 9.17) is 21.0 Å². The van der Waals surface area contributed by atoms with Crippen molar-refractivity contribution >= 4 is 23.1 Å². The van der Waals surface area contributed by atoms with Gasteiger partial charge in [0.05, 0.1) is 10.4 Å². The van der Waals surface area contributed by atoms with Crippen LogP contribution in [-0.2, 0) is 4.79 Å². The van der Waals surface area contributed by atoms with E-state index in [1.165, 1.54) is 11.3 Å². The van der Waals surface area contributed by atoms with Crippen LogP contribution in [0.15, 0.2) is 11.7 Å². The van der Waals surface area contributed by atoms with Crippen LogP contribution in [0, 0.1) is 5.41 Å². The van der Waals surface area contributed by atoms with E-state index in [1.807, 2.05) is 0 Å². The van der Waals surface area contributed by atoms with Gasteiger partial charge >= 0.3 is 12.1 Å². The highest BCUT2D eigenvalue weighted by molar-refractivity contribution is 7.11. The number of alkyl halides is 3. The molecule has 0 aromatic carbocycles. The molecule has 0 aliphatic carbocycles. The number of thiazole rings is 1. The van der Waals surface area contributed by atoms with Crippen molar-refractivity contribution in [2.45, 2.75) is 6.18 Å². The molecule has 0 spiro atoms. The number of nitrogens with zero attached hydrogens (tertiary/aromatic N) is 1. The number of rotatable bonds is 1. The first-order valence-electron chi connectivity index (χ1n) is 3.28. The summed E-state index contributed by atoms with van der Waals surface area (Å²) in [7, 11) is 0. The fourth-order valence-electron chi connectivity index (χ4n) is 0.349. The predicted octanol–water partition coefficient (Wildman–Crippen LogP) is 1.06. The van der Waals surface area contributed by atoms with Crippen molar-refractivity contribution in [3.8, 4) is 0 Å². The van der Waals surface area contributed by atoms with Crippen molar-refractivity contribution in [1.29, 1.82) is 5.41 Å². The summed E-state index contributed by atoms with van der Waals surface area (Å²) in [5, 5.41) is 14.0. The lowest BCUT2D eigenvalue weighted by Crippen LogP contribution is -2.21. The quantitative estimate of drug-likeness (QED) is 0.505. The number of halogens is 3. The standard InChI is InChI=1S/C4H5N3S.C2HF3O2/c5-4(6)3-1-7-2-8-3;3-2(4,5)1(6)7/h1-2H,(H3,5,6);(H,6,7). The molecule has 0 atom stereocenters. The van der Waals surface area contributed by atoms with Crippen molar-refractivity contribution in [2.75, 3.05) is 0 Å². The SMILES string of the molecule is N=C(N)c1cncs1.O=C(O)C(F)(F)F. The van der Waals surface area contributed by atoms with Crippen molar-refractivity contribution < 1.29 is 23.1 Å². The first-order valence-corrected chi connectivity index (χ1v) is 4.16. The van der Waals surface area contributed by atoms with Crippen LogP contribution >= 0.6 is 11.3 Å². The maximum atomic E-state index is 10.6. The summed E-state index contributed by atoms with van der Waals surface area (Å²) in [6.07, 6.45) is -3.51. The molecule has 1 aromatic rings. The fraction of sp³-hybridized carbons (Fsp3) is 0.167. The lowest BCUT2D eigenvalue weighted by atomic mass is 10.5. The van der Waals surface area contributed by atoms with Gasteiger partial charge < -0.3 is 10.8 Å². The van der Waals surface area contributed by atoms with E-state index in [0.29, 0.717) is 0 Å². The molecule has 5 nitrogen and oxygen atoms in total. The number of hydrogen-bond donors (Lipinski definition) is 3. The zero-order chi connectivity index (χ0) is 12.1. The Morgan fingerprint density at radius 3 is 2.20 bits per heavy atom. The Hall–Kier alpha value is -1.64. The number of nitrogens with one attached hydrogen (secondary N) is 1. The second kappa shape index (κ2) is 5.29. The molecule has 0 saturated carbocycles. The third-order valence-electron chi connectivity index (χ3n) is 0.940. The first kappa shape index (κ1) is 13.4. The van der Waals surface area contributed by atoms with Crippen molar-refractivity contribution in [3.05, 3.63) is 16.6 Å². The predicted molar refractivity (Wildman–Crippen MR) is 46.8 cm³/mol. The monoisotopic (exact) mass is 241 g/mol. The number of amidine groups is 1. The maximum Gasteiger partial charge on any atom is 0.490 e. The third kappa shape index (κ3) is 5.62. The van der Waals surface area contributed by atoms with Gasteiger partial charge in [0, 0.05) is 6.20 Å². The van der Waals surface area contributed by atoms with Crippen molar-refractivity contribution in [3.63, 3.8) is 0 Å². The molecule has 0 radical (unpaired) electrons. The van der Waals surface area contributed by atoms with Crippen LogP contribution in [0.5, 0.6) is 0 Å². The topological polar surface area (TPSA) is 100 Å². The van der Waals surface area contributed by atoms with Gasteiger partial charge in [0.15, 0.2) is 0 Å². The third-order valence-corrected chi connectivity index (χ3v) is 1.75. The molecule has 1 rings (SSSR count). The molecule has 1 aromatic heterocycles. The number of aliphatic carboxylic acids is 1. The van der Waals surface area contributed by atoms with Gasteiger partial charge in [-0.3, -0.25) is 10.4 Å². The van der Waals surface area contributed by atoms with E-state index in [1.54, 1.807) is 11.7 Å². The molecule has 0 amide bonds. The highest BCUT2D eigenvalue weighted by Crippen LogP contribution is 2.13. The van der Waals surface area contributed by atoms with Gasteiger partial charge in [0.1, 0.15) is 5.84 Å². The van der Waals surface area contributed by atoms with Crippen LogP contribution in [-0.4, -0.2) is 28.1 Å². The Labute approximate surface area is 85.9 Å². The van der Waals surface area contributed by atoms with Gasteiger partial charge in [-0.05, 0) is 0 Å². The minimum atomic E-state index is -5.08. The highest BCUT2D eigenvalue weighted by atomic mass is 32.1. The first-order chi connectivity index (χ1) is 6.75. The largest absolute Gasteiger partial charge is 0.490 e. The number of nitrogens with two attached hydrogens (primary N) is 1. The van der Waals surface area contributed by atoms with Crippen LogP contribution in [0.3, 0.4) is 0 Å². The minimum Gasteiger partial charge on any atom is -0.475 e. The van der Waals surface area contributed by atoms with Gasteiger partial charge in [-0.1, -0.05) is 0 Å². The Morgan fingerprint density at radius 1 is 1.60 bits per heavy atom. The zero-order valence-corrected chi connectivity index (χ0v) is 7.89. The van der Waals surface area contributed by atoms with E-state index >= 15 is 0 Å². The number of carboxylic acids is 1. The maximum absolute atomic E-state index is 10.6. The summed E-state index contributed by atoms with van der Waals surface area (Å²) in [5.41, 5.74) is 6.76. The summed E-state index contributed by atoms with van der Waals surface area (Å²) in [6.45, 7) is 0. The van der Waals surface area contributed by atoms with E-state index in [0.717, 1.165) is 4.88 Å². The van der Waals surface area contributed by atoms with Crippen molar-refractivity contribution in [2.24, 2.45) is 5.73 Å². The molecule has 0 unspecified atom stereocenters. The van der Waals surface area contributed by atoms with Crippen molar-refractivity contribution in [1.82, 2.24) is 4.98 Å². The fourth-order valence-corrected chi connectivity index (χ4v) is 0.833. The average molecular weight is 241 g/mol. The van der Waals surface area contributed by atoms with Gasteiger partial charge in [0.2, 0.25) is 0 Å². The number of carbonyl (C=O) groups is 1. The average Bonchev–Trinajstić information content (AvgIpc) is 2.54. The molecule has 0 aliphatic heterocycles. The molecule has 4 N–H and O–H groups in total. The number of aromatic nitrogens is 1. The summed E-state index contributed by atoms with van der Waals surface area (Å²) >= 11 is 1.37. The summed E-state index contributed by atoms with van der Waals surface area (Å²) in [6, 6.07) is 0. The van der Waals surface area contributed by atoms with Crippen LogP contribution in [0.1, 0.15) is 4.88 Å². The van der Waals surface area contributed by atoms with E-state index in [-0.39, 0.29) is 5.84 Å². The molecule has 0 aliphatic rings. The zero-order valence-electron chi connectivity index (χ0n) is 7.08. The molecule has 84 valence electrons.